The van der Waals surface area contributed by atoms with Gasteiger partial charge in [-0.05, 0) is 25.5 Å². The second-order valence-corrected chi connectivity index (χ2v) is 5.11. The minimum atomic E-state index is 0.564. The van der Waals surface area contributed by atoms with Crippen LogP contribution >= 0.6 is 0 Å². The summed E-state index contributed by atoms with van der Waals surface area (Å²) in [6.45, 7) is 6.96. The summed E-state index contributed by atoms with van der Waals surface area (Å²) in [5.74, 6) is 1.71. The van der Waals surface area contributed by atoms with Gasteiger partial charge in [-0.15, -0.1) is 0 Å². The Balaban J connectivity index is 2.03. The molecular weight excluding hydrogens is 286 g/mol. The molecule has 0 bridgehead atoms. The van der Waals surface area contributed by atoms with Gasteiger partial charge in [0.1, 0.15) is 12.4 Å². The molecule has 0 unspecified atom stereocenters. The molecule has 2 aromatic rings. The van der Waals surface area contributed by atoms with Gasteiger partial charge in [0.2, 0.25) is 0 Å². The van der Waals surface area contributed by atoms with Gasteiger partial charge in [0.15, 0.2) is 5.96 Å². The Morgan fingerprint density at radius 2 is 1.57 bits per heavy atom. The van der Waals surface area contributed by atoms with E-state index in [1.54, 1.807) is 0 Å². The van der Waals surface area contributed by atoms with Crippen LogP contribution in [0.3, 0.4) is 0 Å². The zero-order valence-corrected chi connectivity index (χ0v) is 13.9. The second kappa shape index (κ2) is 9.51. The predicted octanol–water partition coefficient (Wildman–Crippen LogP) is 3.34. The number of aliphatic imine (C=N–C) groups is 1. The van der Waals surface area contributed by atoms with Crippen LogP contribution in [0.15, 0.2) is 59.6 Å². The van der Waals surface area contributed by atoms with Crippen LogP contribution in [0, 0.1) is 0 Å². The lowest BCUT2D eigenvalue weighted by atomic mass is 10.2. The van der Waals surface area contributed by atoms with E-state index >= 15 is 0 Å². The molecule has 0 aromatic heterocycles. The Kier molecular flexibility index (Phi) is 6.98. The Hall–Kier alpha value is -2.49. The molecule has 0 amide bonds. The molecule has 0 aliphatic heterocycles. The number of hydrogen-bond acceptors (Lipinski definition) is 2. The summed E-state index contributed by atoms with van der Waals surface area (Å²) in [5.41, 5.74) is 2.24. The van der Waals surface area contributed by atoms with E-state index in [0.717, 1.165) is 35.9 Å². The fourth-order valence-electron chi connectivity index (χ4n) is 2.18. The molecular formula is C19H25N3O. The maximum absolute atomic E-state index is 5.97. The lowest BCUT2D eigenvalue weighted by Crippen LogP contribution is -2.36. The molecule has 0 heterocycles. The maximum atomic E-state index is 5.97. The first kappa shape index (κ1) is 16.9. The Labute approximate surface area is 138 Å². The van der Waals surface area contributed by atoms with E-state index in [1.807, 2.05) is 36.4 Å². The van der Waals surface area contributed by atoms with E-state index in [2.05, 4.69) is 47.7 Å². The summed E-state index contributed by atoms with van der Waals surface area (Å²) in [5, 5.41) is 6.46. The largest absolute Gasteiger partial charge is 0.489 e. The molecule has 122 valence electrons. The average Bonchev–Trinajstić information content (AvgIpc) is 2.60. The normalized spacial score (nSPS) is 10.0. The SMILES string of the molecule is CCNC(=NCc1ccccc1OCc1ccccc1)NCC. The number of nitrogens with zero attached hydrogens (tertiary/aromatic N) is 1. The molecule has 4 nitrogen and oxygen atoms in total. The summed E-state index contributed by atoms with van der Waals surface area (Å²) in [7, 11) is 0. The van der Waals surface area contributed by atoms with E-state index in [9.17, 15) is 0 Å². The summed E-state index contributed by atoms with van der Waals surface area (Å²) in [6, 6.07) is 18.2. The topological polar surface area (TPSA) is 45.7 Å². The van der Waals surface area contributed by atoms with Gasteiger partial charge in [-0.3, -0.25) is 0 Å². The van der Waals surface area contributed by atoms with E-state index in [4.69, 9.17) is 4.74 Å². The zero-order valence-electron chi connectivity index (χ0n) is 13.9. The van der Waals surface area contributed by atoms with Crippen molar-refractivity contribution in [2.45, 2.75) is 27.0 Å². The smallest absolute Gasteiger partial charge is 0.191 e. The quantitative estimate of drug-likeness (QED) is 0.609. The van der Waals surface area contributed by atoms with Gasteiger partial charge in [-0.2, -0.15) is 0 Å². The second-order valence-electron chi connectivity index (χ2n) is 5.11. The first-order chi connectivity index (χ1) is 11.3. The number of guanidine groups is 1. The van der Waals surface area contributed by atoms with Gasteiger partial charge in [0.05, 0.1) is 6.54 Å². The molecule has 0 aliphatic carbocycles. The van der Waals surface area contributed by atoms with E-state index in [-0.39, 0.29) is 0 Å². The highest BCUT2D eigenvalue weighted by Gasteiger charge is 2.04. The van der Waals surface area contributed by atoms with Crippen LogP contribution in [0.4, 0.5) is 0 Å². The standard InChI is InChI=1S/C19H25N3O/c1-3-20-19(21-4-2)22-14-17-12-8-9-13-18(17)23-15-16-10-6-5-7-11-16/h5-13H,3-4,14-15H2,1-2H3,(H2,20,21,22). The number of ether oxygens (including phenoxy) is 1. The first-order valence-corrected chi connectivity index (χ1v) is 8.10. The number of hydrogen-bond donors (Lipinski definition) is 2. The highest BCUT2D eigenvalue weighted by Crippen LogP contribution is 2.20. The third kappa shape index (κ3) is 5.66. The lowest BCUT2D eigenvalue weighted by Gasteiger charge is -2.12. The molecule has 0 saturated heterocycles. The first-order valence-electron chi connectivity index (χ1n) is 8.10. The van der Waals surface area contributed by atoms with Crippen LogP contribution in [0.2, 0.25) is 0 Å². The Morgan fingerprint density at radius 3 is 2.26 bits per heavy atom. The van der Waals surface area contributed by atoms with Crippen LogP contribution in [-0.2, 0) is 13.2 Å². The summed E-state index contributed by atoms with van der Waals surface area (Å²) in [6.07, 6.45) is 0. The van der Waals surface area contributed by atoms with Crippen molar-refractivity contribution in [2.24, 2.45) is 4.99 Å². The lowest BCUT2D eigenvalue weighted by molar-refractivity contribution is 0.303. The summed E-state index contributed by atoms with van der Waals surface area (Å²) >= 11 is 0. The van der Waals surface area contributed by atoms with Gasteiger partial charge >= 0.3 is 0 Å². The zero-order chi connectivity index (χ0) is 16.3. The molecule has 23 heavy (non-hydrogen) atoms. The highest BCUT2D eigenvalue weighted by atomic mass is 16.5. The minimum Gasteiger partial charge on any atom is -0.489 e. The van der Waals surface area contributed by atoms with E-state index in [1.165, 1.54) is 0 Å². The molecule has 0 aliphatic rings. The highest BCUT2D eigenvalue weighted by molar-refractivity contribution is 5.79. The van der Waals surface area contributed by atoms with Crippen molar-refractivity contribution in [1.29, 1.82) is 0 Å². The van der Waals surface area contributed by atoms with Crippen molar-refractivity contribution in [1.82, 2.24) is 10.6 Å². The van der Waals surface area contributed by atoms with Gasteiger partial charge < -0.3 is 15.4 Å². The summed E-state index contributed by atoms with van der Waals surface area (Å²) < 4.78 is 5.97. The van der Waals surface area contributed by atoms with Crippen molar-refractivity contribution in [3.8, 4) is 5.75 Å². The third-order valence-corrected chi connectivity index (χ3v) is 3.31. The Bertz CT molecular complexity index is 603. The number of para-hydroxylation sites is 1. The van der Waals surface area contributed by atoms with Gasteiger partial charge in [-0.25, -0.2) is 4.99 Å². The summed E-state index contributed by atoms with van der Waals surface area (Å²) in [4.78, 5) is 4.60. The van der Waals surface area contributed by atoms with Crippen LogP contribution in [-0.4, -0.2) is 19.0 Å². The van der Waals surface area contributed by atoms with Crippen molar-refractivity contribution in [3.63, 3.8) is 0 Å². The molecule has 0 radical (unpaired) electrons. The fourth-order valence-corrected chi connectivity index (χ4v) is 2.18. The van der Waals surface area contributed by atoms with Gasteiger partial charge in [0.25, 0.3) is 0 Å². The van der Waals surface area contributed by atoms with E-state index < -0.39 is 0 Å². The van der Waals surface area contributed by atoms with Crippen molar-refractivity contribution >= 4 is 5.96 Å². The monoisotopic (exact) mass is 311 g/mol. The number of nitrogens with one attached hydrogen (secondary N) is 2. The van der Waals surface area contributed by atoms with Crippen LogP contribution in [0.25, 0.3) is 0 Å². The van der Waals surface area contributed by atoms with Gasteiger partial charge in [0, 0.05) is 18.7 Å². The molecule has 0 fully saturated rings. The van der Waals surface area contributed by atoms with Crippen molar-refractivity contribution < 1.29 is 4.74 Å². The van der Waals surface area contributed by atoms with Crippen LogP contribution < -0.4 is 15.4 Å². The van der Waals surface area contributed by atoms with Crippen molar-refractivity contribution in [2.75, 3.05) is 13.1 Å². The maximum Gasteiger partial charge on any atom is 0.191 e. The van der Waals surface area contributed by atoms with Crippen LogP contribution in [0.1, 0.15) is 25.0 Å². The molecule has 2 rings (SSSR count). The molecule has 2 N–H and O–H groups in total. The molecule has 0 saturated carbocycles. The third-order valence-electron chi connectivity index (χ3n) is 3.31. The van der Waals surface area contributed by atoms with Crippen LogP contribution in [0.5, 0.6) is 5.75 Å². The fraction of sp³-hybridized carbons (Fsp3) is 0.316. The van der Waals surface area contributed by atoms with Gasteiger partial charge in [-0.1, -0.05) is 48.5 Å². The molecule has 4 heteroatoms. The number of rotatable bonds is 7. The average molecular weight is 311 g/mol. The van der Waals surface area contributed by atoms with E-state index in [0.29, 0.717) is 13.2 Å². The predicted molar refractivity (Wildman–Crippen MR) is 95.7 cm³/mol. The Morgan fingerprint density at radius 1 is 0.913 bits per heavy atom. The molecule has 0 spiro atoms. The van der Waals surface area contributed by atoms with Crippen molar-refractivity contribution in [3.05, 3.63) is 65.7 Å². The molecule has 2 aromatic carbocycles. The molecule has 0 atom stereocenters. The number of benzene rings is 2. The minimum absolute atomic E-state index is 0.564.